The van der Waals surface area contributed by atoms with Crippen molar-refractivity contribution < 1.29 is 8.85 Å². The summed E-state index contributed by atoms with van der Waals surface area (Å²) in [5.74, 6) is -0.131. The molecule has 6 atom stereocenters. The summed E-state index contributed by atoms with van der Waals surface area (Å²) in [5, 5.41) is 22.1. The molecule has 4 nitrogen and oxygen atoms in total. The van der Waals surface area contributed by atoms with Gasteiger partial charge in [0.1, 0.15) is 0 Å². The minimum absolute atomic E-state index is 0.0654. The van der Waals surface area contributed by atoms with E-state index in [4.69, 9.17) is 8.85 Å². The van der Waals surface area contributed by atoms with Crippen LogP contribution in [0.25, 0.3) is 0 Å². The molecule has 0 spiro atoms. The lowest BCUT2D eigenvalue weighted by Crippen LogP contribution is -2.59. The number of hydrogen-bond acceptors (Lipinski definition) is 4. The maximum atomic E-state index is 11.0. The third-order valence-corrected chi connectivity index (χ3v) is 10.8. The largest absolute Gasteiger partial charge is 0.399 e. The first-order valence-corrected chi connectivity index (χ1v) is 19.8. The number of nitriles is 2. The molecule has 0 heterocycles. The zero-order valence-electron chi connectivity index (χ0n) is 23.1. The van der Waals surface area contributed by atoms with Crippen LogP contribution in [0.5, 0.6) is 0 Å². The van der Waals surface area contributed by atoms with Crippen molar-refractivity contribution >= 4 is 16.6 Å². The van der Waals surface area contributed by atoms with Crippen molar-refractivity contribution in [2.45, 2.75) is 89.0 Å². The van der Waals surface area contributed by atoms with Crippen molar-refractivity contribution in [1.82, 2.24) is 0 Å². The summed E-state index contributed by atoms with van der Waals surface area (Å²) >= 11 is 0. The Hall–Kier alpha value is -2.23. The molecule has 0 bridgehead atoms. The molecule has 0 amide bonds. The van der Waals surface area contributed by atoms with Crippen LogP contribution in [0.15, 0.2) is 60.7 Å². The monoisotopic (exact) mass is 516 g/mol. The molecule has 190 valence electrons. The molecule has 36 heavy (non-hydrogen) atoms. The van der Waals surface area contributed by atoms with Crippen LogP contribution < -0.4 is 0 Å². The lowest BCUT2D eigenvalue weighted by molar-refractivity contribution is -0.0810. The Balaban J connectivity index is 2.10. The highest BCUT2D eigenvalue weighted by Gasteiger charge is 2.82. The molecule has 2 aromatic carbocycles. The molecule has 0 unspecified atom stereocenters. The van der Waals surface area contributed by atoms with E-state index in [0.29, 0.717) is 12.8 Å². The number of fused-ring (bicyclic) bond motifs is 1. The Bertz CT molecular complexity index is 1100. The van der Waals surface area contributed by atoms with Gasteiger partial charge in [0.2, 0.25) is 0 Å². The van der Waals surface area contributed by atoms with Gasteiger partial charge in [0.25, 0.3) is 0 Å². The molecule has 0 aromatic heterocycles. The van der Waals surface area contributed by atoms with Crippen molar-refractivity contribution in [3.8, 4) is 12.1 Å². The second kappa shape index (κ2) is 8.67. The SMILES string of the molecule is C[C@@]12[C@@H](c3ccccc3)C[C@](C#N)(O[Si](C)(C)C)[C@]1(C)[C@H](c1ccccc1)C[C@]2(C#N)O[Si](C)(C)C. The Morgan fingerprint density at radius 1 is 0.639 bits per heavy atom. The summed E-state index contributed by atoms with van der Waals surface area (Å²) in [6.07, 6.45) is 1.10. The van der Waals surface area contributed by atoms with Gasteiger partial charge in [-0.2, -0.15) is 10.5 Å². The highest BCUT2D eigenvalue weighted by Crippen LogP contribution is 2.80. The van der Waals surface area contributed by atoms with Gasteiger partial charge in [-0.25, -0.2) is 0 Å². The molecule has 6 heteroatoms. The Kier molecular flexibility index (Phi) is 6.46. The average Bonchev–Trinajstić information content (AvgIpc) is 3.14. The molecule has 0 N–H and O–H groups in total. The van der Waals surface area contributed by atoms with E-state index in [1.165, 1.54) is 0 Å². The number of hydrogen-bond donors (Lipinski definition) is 0. The predicted octanol–water partition coefficient (Wildman–Crippen LogP) is 7.60. The van der Waals surface area contributed by atoms with Gasteiger partial charge < -0.3 is 8.85 Å². The van der Waals surface area contributed by atoms with Gasteiger partial charge in [0.15, 0.2) is 27.8 Å². The third kappa shape index (κ3) is 3.82. The topological polar surface area (TPSA) is 66.0 Å². The van der Waals surface area contributed by atoms with Crippen molar-refractivity contribution in [2.24, 2.45) is 10.8 Å². The van der Waals surface area contributed by atoms with Crippen LogP contribution in [0, 0.1) is 33.5 Å². The highest BCUT2D eigenvalue weighted by molar-refractivity contribution is 6.70. The fraction of sp³-hybridized carbons (Fsp3) is 0.533. The third-order valence-electron chi connectivity index (χ3n) is 8.86. The molecule has 0 aliphatic heterocycles. The molecular formula is C30H40N2O2Si2. The van der Waals surface area contributed by atoms with Gasteiger partial charge >= 0.3 is 0 Å². The van der Waals surface area contributed by atoms with E-state index in [0.717, 1.165) is 11.1 Å². The normalized spacial score (nSPS) is 36.2. The predicted molar refractivity (Wildman–Crippen MR) is 149 cm³/mol. The minimum Gasteiger partial charge on any atom is -0.399 e. The van der Waals surface area contributed by atoms with Gasteiger partial charge in [-0.15, -0.1) is 0 Å². The van der Waals surface area contributed by atoms with Gasteiger partial charge in [0.05, 0.1) is 12.1 Å². The van der Waals surface area contributed by atoms with Crippen molar-refractivity contribution in [3.05, 3.63) is 71.8 Å². The zero-order chi connectivity index (χ0) is 26.6. The van der Waals surface area contributed by atoms with Gasteiger partial charge in [-0.3, -0.25) is 0 Å². The number of nitrogens with zero attached hydrogens (tertiary/aromatic N) is 2. The number of rotatable bonds is 6. The summed E-state index contributed by atoms with van der Waals surface area (Å²) in [4.78, 5) is 0. The molecular weight excluding hydrogens is 477 g/mol. The van der Waals surface area contributed by atoms with Crippen LogP contribution in [-0.4, -0.2) is 27.8 Å². The molecule has 2 aromatic rings. The summed E-state index contributed by atoms with van der Waals surface area (Å²) < 4.78 is 14.0. The maximum Gasteiger partial charge on any atom is 0.185 e. The van der Waals surface area contributed by atoms with Crippen LogP contribution in [0.1, 0.15) is 49.7 Å². The number of benzene rings is 2. The van der Waals surface area contributed by atoms with E-state index >= 15 is 0 Å². The standard InChI is InChI=1S/C30H40N2O2Si2/c1-27-25(23-15-11-9-12-16-23)19-30(22-32,34-36(6,7)8)28(27,2)26(24-17-13-10-14-18-24)20-29(27,21-31)33-35(3,4)5/h9-18,25-26H,19-20H2,1-8H3/t25-,26+,27-,28-,29-,30-/m1/s1. The molecule has 0 radical (unpaired) electrons. The van der Waals surface area contributed by atoms with Crippen LogP contribution in [-0.2, 0) is 8.85 Å². The van der Waals surface area contributed by atoms with Crippen molar-refractivity contribution in [1.29, 1.82) is 10.5 Å². The van der Waals surface area contributed by atoms with Gasteiger partial charge in [-0.1, -0.05) is 74.5 Å². The fourth-order valence-corrected chi connectivity index (χ4v) is 10.3. The molecule has 4 rings (SSSR count). The smallest absolute Gasteiger partial charge is 0.185 e. The van der Waals surface area contributed by atoms with E-state index in [-0.39, 0.29) is 11.8 Å². The summed E-state index contributed by atoms with van der Waals surface area (Å²) in [7, 11) is -4.31. The Labute approximate surface area is 219 Å². The lowest BCUT2D eigenvalue weighted by atomic mass is 9.55. The second-order valence-electron chi connectivity index (χ2n) is 13.0. The van der Waals surface area contributed by atoms with Crippen LogP contribution in [0.2, 0.25) is 39.3 Å². The van der Waals surface area contributed by atoms with Crippen LogP contribution in [0.4, 0.5) is 0 Å². The lowest BCUT2D eigenvalue weighted by Gasteiger charge is -2.52. The molecule has 2 saturated carbocycles. The molecule has 2 fully saturated rings. The van der Waals surface area contributed by atoms with Crippen molar-refractivity contribution in [2.75, 3.05) is 0 Å². The summed E-state index contributed by atoms with van der Waals surface area (Å²) in [5.41, 5.74) is -1.12. The van der Waals surface area contributed by atoms with E-state index in [2.05, 4.69) is 114 Å². The minimum atomic E-state index is -2.16. The first-order chi connectivity index (χ1) is 16.7. The Morgan fingerprint density at radius 2 is 0.944 bits per heavy atom. The first kappa shape index (κ1) is 26.8. The van der Waals surface area contributed by atoms with Crippen LogP contribution >= 0.6 is 0 Å². The summed E-state index contributed by atoms with van der Waals surface area (Å²) in [6, 6.07) is 26.3. The first-order valence-electron chi connectivity index (χ1n) is 13.0. The molecule has 0 saturated heterocycles. The molecule has 2 aliphatic rings. The van der Waals surface area contributed by atoms with E-state index in [1.807, 2.05) is 12.1 Å². The quantitative estimate of drug-likeness (QED) is 0.371. The van der Waals surface area contributed by atoms with E-state index < -0.39 is 38.7 Å². The van der Waals surface area contributed by atoms with E-state index in [9.17, 15) is 10.5 Å². The summed E-state index contributed by atoms with van der Waals surface area (Å²) in [6.45, 7) is 17.4. The highest BCUT2D eigenvalue weighted by atomic mass is 28.4. The van der Waals surface area contributed by atoms with Crippen molar-refractivity contribution in [3.63, 3.8) is 0 Å². The Morgan fingerprint density at radius 3 is 1.19 bits per heavy atom. The van der Waals surface area contributed by atoms with Crippen LogP contribution in [0.3, 0.4) is 0 Å². The van der Waals surface area contributed by atoms with Gasteiger partial charge in [0, 0.05) is 10.8 Å². The second-order valence-corrected chi connectivity index (χ2v) is 21.9. The fourth-order valence-electron chi connectivity index (χ4n) is 7.52. The molecule has 2 aliphatic carbocycles. The van der Waals surface area contributed by atoms with Gasteiger partial charge in [-0.05, 0) is 75.1 Å². The maximum absolute atomic E-state index is 11.0. The van der Waals surface area contributed by atoms with E-state index in [1.54, 1.807) is 0 Å². The average molecular weight is 517 g/mol. The zero-order valence-corrected chi connectivity index (χ0v) is 25.1.